The molecule has 1 atom stereocenters. The van der Waals surface area contributed by atoms with E-state index in [1.807, 2.05) is 19.1 Å². The number of nitrogens with zero attached hydrogens (tertiary/aromatic N) is 2. The Balaban J connectivity index is 2.05. The highest BCUT2D eigenvalue weighted by molar-refractivity contribution is 5.92. The van der Waals surface area contributed by atoms with Crippen LogP contribution in [0.5, 0.6) is 0 Å². The van der Waals surface area contributed by atoms with Crippen LogP contribution in [0.15, 0.2) is 54.9 Å². The molecular formula is C16H15N3O3. The molecule has 0 fully saturated rings. The van der Waals surface area contributed by atoms with Crippen molar-refractivity contribution >= 4 is 17.7 Å². The van der Waals surface area contributed by atoms with E-state index in [0.29, 0.717) is 5.56 Å². The van der Waals surface area contributed by atoms with Gasteiger partial charge in [0, 0.05) is 24.5 Å². The number of rotatable bonds is 5. The number of carbonyl (C=O) groups excluding carboxylic acids is 1. The Bertz CT molecular complexity index is 699. The molecule has 1 unspecified atom stereocenters. The van der Waals surface area contributed by atoms with Gasteiger partial charge in [-0.25, -0.2) is 0 Å². The third kappa shape index (κ3) is 3.99. The van der Waals surface area contributed by atoms with Gasteiger partial charge in [-0.3, -0.25) is 19.9 Å². The molecule has 112 valence electrons. The molecule has 6 nitrogen and oxygen atoms in total. The highest BCUT2D eigenvalue weighted by Gasteiger charge is 2.11. The molecule has 22 heavy (non-hydrogen) atoms. The van der Waals surface area contributed by atoms with Gasteiger partial charge in [-0.2, -0.15) is 0 Å². The first kappa shape index (κ1) is 15.4. The lowest BCUT2D eigenvalue weighted by Crippen LogP contribution is -2.24. The van der Waals surface area contributed by atoms with Gasteiger partial charge in [0.1, 0.15) is 0 Å². The van der Waals surface area contributed by atoms with Crippen LogP contribution in [0.2, 0.25) is 0 Å². The average molecular weight is 297 g/mol. The normalized spacial score (nSPS) is 12.0. The summed E-state index contributed by atoms with van der Waals surface area (Å²) in [6.07, 6.45) is 6.04. The van der Waals surface area contributed by atoms with Crippen LogP contribution in [0, 0.1) is 10.1 Å². The number of pyridine rings is 1. The van der Waals surface area contributed by atoms with Crippen LogP contribution in [0.3, 0.4) is 0 Å². The second-order valence-corrected chi connectivity index (χ2v) is 4.66. The Kier molecular flexibility index (Phi) is 4.98. The first-order valence-corrected chi connectivity index (χ1v) is 6.70. The van der Waals surface area contributed by atoms with Gasteiger partial charge in [0.05, 0.1) is 16.5 Å². The van der Waals surface area contributed by atoms with Crippen LogP contribution < -0.4 is 5.32 Å². The van der Waals surface area contributed by atoms with Gasteiger partial charge < -0.3 is 5.32 Å². The van der Waals surface area contributed by atoms with E-state index in [-0.39, 0.29) is 17.6 Å². The number of hydrogen-bond donors (Lipinski definition) is 1. The second kappa shape index (κ2) is 7.12. The first-order valence-electron chi connectivity index (χ1n) is 6.70. The molecular weight excluding hydrogens is 282 g/mol. The molecule has 6 heteroatoms. The van der Waals surface area contributed by atoms with E-state index in [9.17, 15) is 14.9 Å². The maximum atomic E-state index is 11.9. The minimum absolute atomic E-state index is 0.0336. The van der Waals surface area contributed by atoms with Gasteiger partial charge in [0.15, 0.2) is 0 Å². The average Bonchev–Trinajstić information content (AvgIpc) is 2.54. The fourth-order valence-corrected chi connectivity index (χ4v) is 1.96. The number of nitro groups is 1. The van der Waals surface area contributed by atoms with Crippen molar-refractivity contribution in [1.29, 1.82) is 0 Å². The minimum Gasteiger partial charge on any atom is -0.346 e. The molecule has 0 radical (unpaired) electrons. The summed E-state index contributed by atoms with van der Waals surface area (Å²) < 4.78 is 0. The number of carbonyl (C=O) groups is 1. The smallest absolute Gasteiger partial charge is 0.276 e. The van der Waals surface area contributed by atoms with Crippen molar-refractivity contribution in [3.05, 3.63) is 76.1 Å². The van der Waals surface area contributed by atoms with Crippen molar-refractivity contribution in [2.24, 2.45) is 0 Å². The van der Waals surface area contributed by atoms with Gasteiger partial charge >= 0.3 is 0 Å². The Morgan fingerprint density at radius 1 is 1.27 bits per heavy atom. The molecule has 0 aliphatic rings. The van der Waals surface area contributed by atoms with Crippen molar-refractivity contribution < 1.29 is 9.72 Å². The van der Waals surface area contributed by atoms with E-state index in [2.05, 4.69) is 10.3 Å². The third-order valence-electron chi connectivity index (χ3n) is 3.11. The molecule has 0 spiro atoms. The molecule has 0 bridgehead atoms. The molecule has 0 saturated heterocycles. The highest BCUT2D eigenvalue weighted by Crippen LogP contribution is 2.19. The number of hydrogen-bond acceptors (Lipinski definition) is 4. The van der Waals surface area contributed by atoms with E-state index in [0.717, 1.165) is 5.56 Å². The lowest BCUT2D eigenvalue weighted by atomic mass is 10.1. The predicted octanol–water partition coefficient (Wildman–Crippen LogP) is 2.88. The fourth-order valence-electron chi connectivity index (χ4n) is 1.96. The summed E-state index contributed by atoms with van der Waals surface area (Å²) in [6, 6.07) is 9.72. The summed E-state index contributed by atoms with van der Waals surface area (Å²) in [4.78, 5) is 26.2. The van der Waals surface area contributed by atoms with Crippen molar-refractivity contribution in [2.75, 3.05) is 0 Å². The topological polar surface area (TPSA) is 85.1 Å². The SMILES string of the molecule is CC(NC(=O)/C=C/c1ccccc1[N+](=O)[O-])c1ccncc1. The Hall–Kier alpha value is -3.02. The molecule has 0 aliphatic carbocycles. The van der Waals surface area contributed by atoms with E-state index in [4.69, 9.17) is 0 Å². The molecule has 2 aromatic rings. The molecule has 1 aromatic carbocycles. The van der Waals surface area contributed by atoms with Crippen LogP contribution in [-0.4, -0.2) is 15.8 Å². The molecule has 1 amide bonds. The molecule has 1 N–H and O–H groups in total. The van der Waals surface area contributed by atoms with Crippen molar-refractivity contribution in [3.63, 3.8) is 0 Å². The zero-order valence-corrected chi connectivity index (χ0v) is 12.0. The zero-order valence-electron chi connectivity index (χ0n) is 12.0. The Morgan fingerprint density at radius 2 is 1.95 bits per heavy atom. The maximum absolute atomic E-state index is 11.9. The van der Waals surface area contributed by atoms with E-state index >= 15 is 0 Å². The van der Waals surface area contributed by atoms with E-state index in [1.54, 1.807) is 30.6 Å². The van der Waals surface area contributed by atoms with Crippen molar-refractivity contribution in [3.8, 4) is 0 Å². The number of nitro benzene ring substituents is 1. The van der Waals surface area contributed by atoms with Crippen LogP contribution >= 0.6 is 0 Å². The molecule has 0 aliphatic heterocycles. The molecule has 0 saturated carbocycles. The Morgan fingerprint density at radius 3 is 2.64 bits per heavy atom. The fraction of sp³-hybridized carbons (Fsp3) is 0.125. The van der Waals surface area contributed by atoms with Crippen LogP contribution in [0.25, 0.3) is 6.08 Å². The van der Waals surface area contributed by atoms with Crippen molar-refractivity contribution in [2.45, 2.75) is 13.0 Å². The van der Waals surface area contributed by atoms with E-state index in [1.165, 1.54) is 18.2 Å². The number of benzene rings is 1. The number of para-hydroxylation sites is 1. The lowest BCUT2D eigenvalue weighted by molar-refractivity contribution is -0.385. The van der Waals surface area contributed by atoms with Gasteiger partial charge in [-0.1, -0.05) is 12.1 Å². The number of aromatic nitrogens is 1. The van der Waals surface area contributed by atoms with Crippen LogP contribution in [-0.2, 0) is 4.79 Å². The standard InChI is InChI=1S/C16H15N3O3/c1-12(13-8-10-17-11-9-13)18-16(20)7-6-14-4-2-3-5-15(14)19(21)22/h2-12H,1H3,(H,18,20)/b7-6+. The van der Waals surface area contributed by atoms with Gasteiger partial charge in [0.25, 0.3) is 5.69 Å². The summed E-state index contributed by atoms with van der Waals surface area (Å²) in [7, 11) is 0. The summed E-state index contributed by atoms with van der Waals surface area (Å²) in [5, 5.41) is 13.7. The van der Waals surface area contributed by atoms with Crippen LogP contribution in [0.1, 0.15) is 24.1 Å². The van der Waals surface area contributed by atoms with Crippen molar-refractivity contribution in [1.82, 2.24) is 10.3 Å². The molecule has 2 rings (SSSR count). The van der Waals surface area contributed by atoms with Gasteiger partial charge in [-0.05, 0) is 36.8 Å². The summed E-state index contributed by atoms with van der Waals surface area (Å²) in [6.45, 7) is 1.85. The highest BCUT2D eigenvalue weighted by atomic mass is 16.6. The quantitative estimate of drug-likeness (QED) is 0.522. The van der Waals surface area contributed by atoms with Crippen LogP contribution in [0.4, 0.5) is 5.69 Å². The summed E-state index contributed by atoms with van der Waals surface area (Å²) in [5.41, 5.74) is 1.29. The van der Waals surface area contributed by atoms with Gasteiger partial charge in [-0.15, -0.1) is 0 Å². The maximum Gasteiger partial charge on any atom is 0.276 e. The molecule has 1 heterocycles. The summed E-state index contributed by atoms with van der Waals surface area (Å²) >= 11 is 0. The number of nitrogens with one attached hydrogen (secondary N) is 1. The molecule has 1 aromatic heterocycles. The monoisotopic (exact) mass is 297 g/mol. The van der Waals surface area contributed by atoms with E-state index < -0.39 is 4.92 Å². The second-order valence-electron chi connectivity index (χ2n) is 4.66. The third-order valence-corrected chi connectivity index (χ3v) is 3.11. The largest absolute Gasteiger partial charge is 0.346 e. The van der Waals surface area contributed by atoms with Gasteiger partial charge in [0.2, 0.25) is 5.91 Å². The predicted molar refractivity (Wildman–Crippen MR) is 82.9 cm³/mol. The lowest BCUT2D eigenvalue weighted by Gasteiger charge is -2.12. The summed E-state index contributed by atoms with van der Waals surface area (Å²) in [5.74, 6) is -0.317. The Labute approximate surface area is 127 Å². The first-order chi connectivity index (χ1) is 10.6. The zero-order chi connectivity index (χ0) is 15.9. The minimum atomic E-state index is -0.475. The number of amides is 1.